The molecule has 0 heterocycles. The molecule has 0 aromatic heterocycles. The number of rotatable bonds is 4. The van der Waals surface area contributed by atoms with Gasteiger partial charge in [0.2, 0.25) is 0 Å². The van der Waals surface area contributed by atoms with Gasteiger partial charge < -0.3 is 12.4 Å². The highest BCUT2D eigenvalue weighted by atomic mass is 35.5. The number of hydrogen-bond donors (Lipinski definition) is 0. The fourth-order valence-electron chi connectivity index (χ4n) is 3.90. The van der Waals surface area contributed by atoms with E-state index in [1.54, 1.807) is 0 Å². The molecule has 3 rings (SSSR count). The van der Waals surface area contributed by atoms with Crippen molar-refractivity contribution in [1.82, 2.24) is 0 Å². The third-order valence-corrected chi connectivity index (χ3v) is 6.15. The molecule has 0 radical (unpaired) electrons. The van der Waals surface area contributed by atoms with Crippen LogP contribution >= 0.6 is 23.2 Å². The zero-order valence-corrected chi connectivity index (χ0v) is 15.0. The monoisotopic (exact) mass is 359 g/mol. The van der Waals surface area contributed by atoms with Crippen LogP contribution in [-0.2, 0) is 10.2 Å². The van der Waals surface area contributed by atoms with Crippen molar-refractivity contribution in [3.63, 3.8) is 0 Å². The molecular formula is C18H22Cl3O-. The first kappa shape index (κ1) is 18.1. The summed E-state index contributed by atoms with van der Waals surface area (Å²) < 4.78 is 0. The first-order valence-corrected chi connectivity index (χ1v) is 8.86. The Bertz CT molecular complexity index is 531. The molecule has 0 spiro atoms. The van der Waals surface area contributed by atoms with Crippen molar-refractivity contribution < 1.29 is 17.2 Å². The lowest BCUT2D eigenvalue weighted by atomic mass is 9.60. The van der Waals surface area contributed by atoms with Gasteiger partial charge >= 0.3 is 0 Å². The summed E-state index contributed by atoms with van der Waals surface area (Å²) in [7, 11) is 0. The third kappa shape index (κ3) is 3.47. The second-order valence-electron chi connectivity index (χ2n) is 6.70. The van der Waals surface area contributed by atoms with Crippen molar-refractivity contribution in [2.24, 2.45) is 5.92 Å². The maximum absolute atomic E-state index is 12.9. The van der Waals surface area contributed by atoms with Gasteiger partial charge in [-0.1, -0.05) is 67.8 Å². The van der Waals surface area contributed by atoms with E-state index in [0.29, 0.717) is 21.7 Å². The molecule has 22 heavy (non-hydrogen) atoms. The van der Waals surface area contributed by atoms with E-state index >= 15 is 0 Å². The maximum Gasteiger partial charge on any atom is 0.143 e. The topological polar surface area (TPSA) is 17.1 Å². The van der Waals surface area contributed by atoms with Crippen molar-refractivity contribution in [2.45, 2.75) is 63.2 Å². The van der Waals surface area contributed by atoms with Crippen LogP contribution in [0.15, 0.2) is 18.2 Å². The smallest absolute Gasteiger partial charge is 0.143 e. The SMILES string of the molecule is O=C(CC1CCCCC1)C1(c2ccc(Cl)c(Cl)c2)CCC1.[Cl-]. The summed E-state index contributed by atoms with van der Waals surface area (Å²) in [6.45, 7) is 0. The highest BCUT2D eigenvalue weighted by molar-refractivity contribution is 6.42. The van der Waals surface area contributed by atoms with Gasteiger partial charge in [0, 0.05) is 6.42 Å². The molecule has 0 atom stereocenters. The quantitative estimate of drug-likeness (QED) is 0.807. The van der Waals surface area contributed by atoms with Crippen molar-refractivity contribution in [2.75, 3.05) is 0 Å². The molecule has 1 aromatic rings. The molecule has 0 N–H and O–H groups in total. The average molecular weight is 361 g/mol. The van der Waals surface area contributed by atoms with E-state index in [-0.39, 0.29) is 17.8 Å². The summed E-state index contributed by atoms with van der Waals surface area (Å²) in [5, 5.41) is 1.13. The second-order valence-corrected chi connectivity index (χ2v) is 7.51. The van der Waals surface area contributed by atoms with Crippen molar-refractivity contribution in [1.29, 1.82) is 0 Å². The van der Waals surface area contributed by atoms with Gasteiger partial charge in [-0.15, -0.1) is 0 Å². The number of Topliss-reactive ketones (excluding diaryl/α,β-unsaturated/α-hetero) is 1. The minimum absolute atomic E-state index is 0. The van der Waals surface area contributed by atoms with Gasteiger partial charge in [0.15, 0.2) is 0 Å². The summed E-state index contributed by atoms with van der Waals surface area (Å²) >= 11 is 12.2. The molecule has 1 nitrogen and oxygen atoms in total. The molecule has 0 bridgehead atoms. The van der Waals surface area contributed by atoms with Crippen LogP contribution in [-0.4, -0.2) is 5.78 Å². The van der Waals surface area contributed by atoms with Crippen molar-refractivity contribution in [3.8, 4) is 0 Å². The molecule has 2 aliphatic carbocycles. The van der Waals surface area contributed by atoms with Crippen LogP contribution in [0.25, 0.3) is 0 Å². The molecule has 2 aliphatic rings. The number of benzene rings is 1. The molecule has 2 saturated carbocycles. The minimum atomic E-state index is -0.272. The van der Waals surface area contributed by atoms with Crippen LogP contribution in [0.1, 0.15) is 63.4 Å². The number of hydrogen-bond acceptors (Lipinski definition) is 1. The van der Waals surface area contributed by atoms with Crippen molar-refractivity contribution in [3.05, 3.63) is 33.8 Å². The van der Waals surface area contributed by atoms with Crippen LogP contribution in [0.5, 0.6) is 0 Å². The Kier molecular flexibility index (Phi) is 6.22. The van der Waals surface area contributed by atoms with Crippen LogP contribution in [0.2, 0.25) is 10.0 Å². The Hall–Kier alpha value is -0.240. The summed E-state index contributed by atoms with van der Waals surface area (Å²) in [6, 6.07) is 5.72. The maximum atomic E-state index is 12.9. The zero-order chi connectivity index (χ0) is 14.9. The highest BCUT2D eigenvalue weighted by Crippen LogP contribution is 2.47. The van der Waals surface area contributed by atoms with Crippen LogP contribution in [0.3, 0.4) is 0 Å². The molecule has 0 amide bonds. The first-order chi connectivity index (χ1) is 10.1. The predicted octanol–water partition coefficient (Wildman–Crippen LogP) is 2.96. The molecule has 122 valence electrons. The summed E-state index contributed by atoms with van der Waals surface area (Å²) in [4.78, 5) is 12.9. The van der Waals surface area contributed by atoms with E-state index < -0.39 is 0 Å². The van der Waals surface area contributed by atoms with E-state index in [1.165, 1.54) is 32.1 Å². The lowest BCUT2D eigenvalue weighted by Gasteiger charge is -2.42. The van der Waals surface area contributed by atoms with Gasteiger partial charge in [-0.2, -0.15) is 0 Å². The Morgan fingerprint density at radius 2 is 1.73 bits per heavy atom. The lowest BCUT2D eigenvalue weighted by Crippen LogP contribution is -3.00. The van der Waals surface area contributed by atoms with E-state index in [0.717, 1.165) is 31.2 Å². The molecule has 0 aliphatic heterocycles. The van der Waals surface area contributed by atoms with E-state index in [4.69, 9.17) is 23.2 Å². The molecule has 4 heteroatoms. The van der Waals surface area contributed by atoms with E-state index in [1.807, 2.05) is 18.2 Å². The Morgan fingerprint density at radius 3 is 2.27 bits per heavy atom. The van der Waals surface area contributed by atoms with Gasteiger partial charge in [-0.05, 0) is 36.5 Å². The van der Waals surface area contributed by atoms with Gasteiger partial charge in [0.05, 0.1) is 15.5 Å². The van der Waals surface area contributed by atoms with Crippen LogP contribution < -0.4 is 12.4 Å². The van der Waals surface area contributed by atoms with E-state index in [2.05, 4.69) is 0 Å². The number of halogens is 3. The van der Waals surface area contributed by atoms with Gasteiger partial charge in [0.1, 0.15) is 5.78 Å². The number of ketones is 1. The molecule has 1 aromatic carbocycles. The van der Waals surface area contributed by atoms with Crippen LogP contribution in [0.4, 0.5) is 0 Å². The Labute approximate surface area is 149 Å². The predicted molar refractivity (Wildman–Crippen MR) is 88.2 cm³/mol. The van der Waals surface area contributed by atoms with E-state index in [9.17, 15) is 4.79 Å². The largest absolute Gasteiger partial charge is 1.00 e. The third-order valence-electron chi connectivity index (χ3n) is 5.41. The highest BCUT2D eigenvalue weighted by Gasteiger charge is 2.45. The minimum Gasteiger partial charge on any atom is -1.00 e. The fourth-order valence-corrected chi connectivity index (χ4v) is 4.20. The number of carbonyl (C=O) groups is 1. The second kappa shape index (κ2) is 7.55. The van der Waals surface area contributed by atoms with Crippen LogP contribution in [0, 0.1) is 5.92 Å². The summed E-state index contributed by atoms with van der Waals surface area (Å²) in [6.07, 6.45) is 10.2. The van der Waals surface area contributed by atoms with Gasteiger partial charge in [-0.3, -0.25) is 4.79 Å². The first-order valence-electron chi connectivity index (χ1n) is 8.11. The average Bonchev–Trinajstić information content (AvgIpc) is 2.42. The van der Waals surface area contributed by atoms with Crippen molar-refractivity contribution >= 4 is 29.0 Å². The molecular weight excluding hydrogens is 339 g/mol. The normalized spacial score (nSPS) is 20.8. The van der Waals surface area contributed by atoms with Gasteiger partial charge in [0.25, 0.3) is 0 Å². The lowest BCUT2D eigenvalue weighted by molar-refractivity contribution is -0.128. The summed E-state index contributed by atoms with van der Waals surface area (Å²) in [5.41, 5.74) is 0.801. The Balaban J connectivity index is 0.00000176. The zero-order valence-electron chi connectivity index (χ0n) is 12.7. The Morgan fingerprint density at radius 1 is 1.05 bits per heavy atom. The summed E-state index contributed by atoms with van der Waals surface area (Å²) in [5.74, 6) is 1.03. The van der Waals surface area contributed by atoms with Gasteiger partial charge in [-0.25, -0.2) is 0 Å². The molecule has 0 unspecified atom stereocenters. The molecule has 2 fully saturated rings. The number of carbonyl (C=O) groups excluding carboxylic acids is 1. The fraction of sp³-hybridized carbons (Fsp3) is 0.611. The standard InChI is InChI=1S/C18H22Cl2O.ClH/c19-15-8-7-14(12-16(15)20)18(9-4-10-18)17(21)11-13-5-2-1-3-6-13;/h7-8,12-13H,1-6,9-11H2;1H/p-1. The molecule has 0 saturated heterocycles.